The van der Waals surface area contributed by atoms with E-state index in [0.717, 1.165) is 0 Å². The molecule has 0 spiro atoms. The van der Waals surface area contributed by atoms with Crippen LogP contribution in [0, 0.1) is 0 Å². The summed E-state index contributed by atoms with van der Waals surface area (Å²) >= 11 is 0. The molecule has 0 saturated heterocycles. The lowest BCUT2D eigenvalue weighted by Crippen LogP contribution is -2.14. The van der Waals surface area contributed by atoms with E-state index >= 15 is 0 Å². The Kier molecular flexibility index (Phi) is 34.0. The Balaban J connectivity index is 0.000000176. The summed E-state index contributed by atoms with van der Waals surface area (Å²) in [5, 5.41) is 26.5. The molecule has 22 rings (SSSR count). The van der Waals surface area contributed by atoms with Crippen molar-refractivity contribution < 1.29 is 0 Å². The monoisotopic (exact) mass is 1570 g/mol. The minimum absolute atomic E-state index is 0.0660. The van der Waals surface area contributed by atoms with Crippen LogP contribution in [0.3, 0.4) is 0 Å². The topological polar surface area (TPSA) is 24.6 Å². The van der Waals surface area contributed by atoms with Gasteiger partial charge in [-0.15, -0.1) is 0 Å². The normalized spacial score (nSPS) is 10.9. The first-order valence-electron chi connectivity index (χ1n) is 44.4. The molecule has 0 bridgehead atoms. The molecule has 5 aromatic heterocycles. The summed E-state index contributed by atoms with van der Waals surface area (Å²) in [7, 11) is 10.8. The maximum Gasteiger partial charge on any atom is 0.0568 e. The van der Waals surface area contributed by atoms with Gasteiger partial charge in [-0.25, -0.2) is 0 Å². The van der Waals surface area contributed by atoms with Gasteiger partial charge in [-0.2, -0.15) is 0 Å². The van der Waals surface area contributed by atoms with Gasteiger partial charge in [-0.3, -0.25) is 0 Å². The fraction of sp³-hybridized carbons (Fsp3) is 0.246. The van der Waals surface area contributed by atoms with Crippen molar-refractivity contribution in [3.63, 3.8) is 0 Å². The molecule has 0 saturated carbocycles. The SMILES string of the molecule is CC.CC.CC.CC.CC.CC.CC.CC.CC.CC.Cn1c2cc3ccccc3cc2c2ccc3ccccc3c21.Cn1c2ccccc2c2c3ccccc3ccc21.Cn1c2ccccc2c2cc3c(cc21)C(C)(C)c1ccccc1-3.Cn1c2ccccc2c2cc3ccccc3cc21.Cn1c2ccccc2c2ccc3ccccc3c21. The second-order valence-electron chi connectivity index (χ2n) is 27.4. The average Bonchev–Trinajstić information content (AvgIpc) is 1.42. The molecule has 119 heavy (non-hydrogen) atoms. The number of hydrogen-bond acceptors (Lipinski definition) is 0. The van der Waals surface area contributed by atoms with E-state index in [1.165, 1.54) is 185 Å². The van der Waals surface area contributed by atoms with Gasteiger partial charge >= 0.3 is 0 Å². The molecule has 21 aromatic rings. The van der Waals surface area contributed by atoms with Crippen LogP contribution in [0.25, 0.3) is 174 Å². The highest BCUT2D eigenvalue weighted by Crippen LogP contribution is 2.51. The van der Waals surface area contributed by atoms with Crippen molar-refractivity contribution in [2.45, 2.75) is 158 Å². The van der Waals surface area contributed by atoms with Crippen LogP contribution < -0.4 is 0 Å². The predicted molar refractivity (Wildman–Crippen MR) is 541 cm³/mol. The molecule has 1 aliphatic rings. The van der Waals surface area contributed by atoms with E-state index in [1.807, 2.05) is 138 Å². The Morgan fingerprint density at radius 1 is 0.168 bits per heavy atom. The molecule has 5 nitrogen and oxygen atoms in total. The first kappa shape index (κ1) is 92.3. The zero-order valence-corrected chi connectivity index (χ0v) is 76.8. The highest BCUT2D eigenvalue weighted by molar-refractivity contribution is 6.22. The number of aryl methyl sites for hydroxylation is 5. The van der Waals surface area contributed by atoms with Crippen LogP contribution in [0.2, 0.25) is 0 Å². The quantitative estimate of drug-likeness (QED) is 0.145. The van der Waals surface area contributed by atoms with Gasteiger partial charge in [0.15, 0.2) is 0 Å². The van der Waals surface area contributed by atoms with Gasteiger partial charge in [-0.05, 0) is 132 Å². The lowest BCUT2D eigenvalue weighted by Gasteiger charge is -2.21. The number of rotatable bonds is 0. The smallest absolute Gasteiger partial charge is 0.0568 e. The van der Waals surface area contributed by atoms with Gasteiger partial charge in [0.25, 0.3) is 0 Å². The van der Waals surface area contributed by atoms with Gasteiger partial charge in [-0.1, -0.05) is 401 Å². The van der Waals surface area contributed by atoms with E-state index in [4.69, 9.17) is 0 Å². The van der Waals surface area contributed by atoms with E-state index in [2.05, 4.69) is 387 Å². The summed E-state index contributed by atoms with van der Waals surface area (Å²) in [5.74, 6) is 0. The first-order valence-corrected chi connectivity index (χ1v) is 44.4. The molecule has 614 valence electrons. The molecule has 5 heterocycles. The zero-order valence-electron chi connectivity index (χ0n) is 76.8. The minimum atomic E-state index is 0.0660. The Bertz CT molecular complexity index is 6800. The Morgan fingerprint density at radius 2 is 0.445 bits per heavy atom. The molecule has 0 unspecified atom stereocenters. The van der Waals surface area contributed by atoms with Crippen LogP contribution in [0.4, 0.5) is 0 Å². The summed E-state index contributed by atoms with van der Waals surface area (Å²) in [6.45, 7) is 44.7. The third-order valence-corrected chi connectivity index (χ3v) is 21.7. The van der Waals surface area contributed by atoms with Crippen LogP contribution in [-0.2, 0) is 40.7 Å². The molecular formula is C114H133N5. The number of nitrogens with zero attached hydrogens (tertiary/aromatic N) is 5. The summed E-state index contributed by atoms with van der Waals surface area (Å²) in [6, 6.07) is 114. The molecular weight excluding hydrogens is 1440 g/mol. The third kappa shape index (κ3) is 17.8. The largest absolute Gasteiger partial charge is 0.344 e. The Labute approximate surface area is 711 Å². The highest BCUT2D eigenvalue weighted by Gasteiger charge is 2.36. The molecule has 0 atom stereocenters. The van der Waals surface area contributed by atoms with Gasteiger partial charge in [0.1, 0.15) is 0 Å². The average molecular weight is 1570 g/mol. The standard InChI is InChI=1S/C22H19N.C21H15N.3C17H13N.10C2H6/c1-22(2)18-10-6-4-8-14(18)16-12-17-15-9-5-7-11-20(15)23(3)21(17)13-19(16)22;1-22-20-13-16-8-3-2-7-15(16)12-19(20)18-11-10-14-6-4-5-9-17(14)21(18)22;1-18-16-9-5-4-8-14(16)15-10-12-6-2-3-7-13(12)11-17(15)18;1-18-16-9-5-4-8-14(16)15-11-10-12-6-2-3-7-13(12)17(15)18;1-18-15-9-5-4-8-14(15)17-13-7-3-2-6-12(13)10-11-16(17)18;10*1-2/h4-13H,1-3H3;2-13H,1H3;3*2-11H,1H3;10*1-2H3. The lowest BCUT2D eigenvalue weighted by molar-refractivity contribution is 0.661. The van der Waals surface area contributed by atoms with Crippen molar-refractivity contribution in [1.82, 2.24) is 22.8 Å². The molecule has 5 heteroatoms. The number of benzene rings is 16. The second kappa shape index (κ2) is 43.9. The molecule has 0 radical (unpaired) electrons. The van der Waals surface area contributed by atoms with Gasteiger partial charge in [0.2, 0.25) is 0 Å². The maximum absolute atomic E-state index is 2.41. The van der Waals surface area contributed by atoms with Crippen LogP contribution in [0.5, 0.6) is 0 Å². The molecule has 16 aromatic carbocycles. The van der Waals surface area contributed by atoms with Crippen molar-refractivity contribution in [3.05, 3.63) is 327 Å². The second-order valence-corrected chi connectivity index (χ2v) is 27.4. The van der Waals surface area contributed by atoms with E-state index in [-0.39, 0.29) is 5.41 Å². The van der Waals surface area contributed by atoms with Crippen molar-refractivity contribution >= 4 is 163 Å². The Hall–Kier alpha value is -12.2. The van der Waals surface area contributed by atoms with E-state index in [1.54, 1.807) is 0 Å². The molecule has 0 N–H and O–H groups in total. The number of para-hydroxylation sites is 4. The summed E-state index contributed by atoms with van der Waals surface area (Å²) in [5.41, 5.74) is 18.8. The fourth-order valence-electron chi connectivity index (χ4n) is 16.8. The van der Waals surface area contributed by atoms with Crippen molar-refractivity contribution in [3.8, 4) is 11.1 Å². The maximum atomic E-state index is 2.41. The van der Waals surface area contributed by atoms with Crippen LogP contribution in [0.1, 0.15) is 163 Å². The molecule has 1 aliphatic carbocycles. The summed E-state index contributed by atoms with van der Waals surface area (Å²) < 4.78 is 11.5. The van der Waals surface area contributed by atoms with E-state index in [9.17, 15) is 0 Å². The van der Waals surface area contributed by atoms with Gasteiger partial charge in [0, 0.05) is 149 Å². The van der Waals surface area contributed by atoms with Crippen LogP contribution in [0.15, 0.2) is 315 Å². The van der Waals surface area contributed by atoms with E-state index in [0.29, 0.717) is 0 Å². The lowest BCUT2D eigenvalue weighted by atomic mass is 9.82. The van der Waals surface area contributed by atoms with Crippen molar-refractivity contribution in [2.75, 3.05) is 0 Å². The predicted octanol–water partition coefficient (Wildman–Crippen LogP) is 35.0. The summed E-state index contributed by atoms with van der Waals surface area (Å²) in [4.78, 5) is 0. The zero-order chi connectivity index (χ0) is 86.8. The van der Waals surface area contributed by atoms with E-state index < -0.39 is 0 Å². The number of fused-ring (bicyclic) bond motifs is 26. The van der Waals surface area contributed by atoms with Gasteiger partial charge < -0.3 is 22.8 Å². The summed E-state index contributed by atoms with van der Waals surface area (Å²) in [6.07, 6.45) is 0. The van der Waals surface area contributed by atoms with Gasteiger partial charge in [0.05, 0.1) is 11.0 Å². The third-order valence-electron chi connectivity index (χ3n) is 21.7. The highest BCUT2D eigenvalue weighted by atomic mass is 15.0. The molecule has 0 fully saturated rings. The van der Waals surface area contributed by atoms with Crippen molar-refractivity contribution in [2.24, 2.45) is 35.2 Å². The molecule has 0 aliphatic heterocycles. The van der Waals surface area contributed by atoms with Crippen molar-refractivity contribution in [1.29, 1.82) is 0 Å². The minimum Gasteiger partial charge on any atom is -0.344 e. The Morgan fingerprint density at radius 3 is 0.899 bits per heavy atom. The first-order chi connectivity index (χ1) is 58.5. The van der Waals surface area contributed by atoms with Crippen LogP contribution in [-0.4, -0.2) is 22.8 Å². The molecule has 0 amide bonds. The fourth-order valence-corrected chi connectivity index (χ4v) is 16.8. The number of aromatic nitrogens is 5. The van der Waals surface area contributed by atoms with Crippen LogP contribution >= 0.6 is 0 Å². The number of hydrogen-bond donors (Lipinski definition) is 0.